The average Bonchev–Trinajstić information content (AvgIpc) is 2.31. The molecule has 1 fully saturated rings. The van der Waals surface area contributed by atoms with Crippen LogP contribution in [-0.2, 0) is 0 Å². The van der Waals surface area contributed by atoms with E-state index in [0.717, 1.165) is 24.2 Å². The Balaban J connectivity index is 1.98. The van der Waals surface area contributed by atoms with Gasteiger partial charge >= 0.3 is 0 Å². The van der Waals surface area contributed by atoms with E-state index < -0.39 is 0 Å². The standard InChI is InChI=1S/C14H18O/c15-8-7-11-9-10-5-6-13(11)14-4-2-1-3-12(10)14/h1-4,10-11,13,15H,5-9H2/t10-,11-,13+/m1/s1. The van der Waals surface area contributed by atoms with Crippen LogP contribution < -0.4 is 0 Å². The van der Waals surface area contributed by atoms with Crippen LogP contribution in [0.15, 0.2) is 24.3 Å². The number of hydrogen-bond acceptors (Lipinski definition) is 1. The maximum absolute atomic E-state index is 9.09. The number of aliphatic hydroxyl groups excluding tert-OH is 1. The highest BCUT2D eigenvalue weighted by Gasteiger charge is 2.38. The highest BCUT2D eigenvalue weighted by molar-refractivity contribution is 5.38. The van der Waals surface area contributed by atoms with Crippen molar-refractivity contribution in [2.24, 2.45) is 5.92 Å². The zero-order chi connectivity index (χ0) is 10.3. The summed E-state index contributed by atoms with van der Waals surface area (Å²) in [7, 11) is 0. The molecule has 2 bridgehead atoms. The zero-order valence-electron chi connectivity index (χ0n) is 9.02. The largest absolute Gasteiger partial charge is 0.396 e. The third-order valence-corrected chi connectivity index (χ3v) is 4.32. The molecule has 0 aromatic heterocycles. The first-order chi connectivity index (χ1) is 7.40. The lowest BCUT2D eigenvalue weighted by Gasteiger charge is -2.44. The summed E-state index contributed by atoms with van der Waals surface area (Å²) in [5.41, 5.74) is 3.18. The van der Waals surface area contributed by atoms with Gasteiger partial charge in [0.15, 0.2) is 0 Å². The molecule has 0 amide bonds. The SMILES string of the molecule is OCC[C@@H]1C[C@H]2CC[C@@H]1c1ccccc12. The number of benzene rings is 1. The van der Waals surface area contributed by atoms with Gasteiger partial charge in [0.1, 0.15) is 0 Å². The molecule has 0 aliphatic heterocycles. The van der Waals surface area contributed by atoms with Crippen LogP contribution in [0, 0.1) is 5.92 Å². The Morgan fingerprint density at radius 1 is 1.13 bits per heavy atom. The fraction of sp³-hybridized carbons (Fsp3) is 0.571. The molecular formula is C14H18O. The number of fused-ring (bicyclic) bond motifs is 2. The summed E-state index contributed by atoms with van der Waals surface area (Å²) in [6, 6.07) is 8.94. The van der Waals surface area contributed by atoms with E-state index in [1.165, 1.54) is 19.3 Å². The predicted molar refractivity (Wildman–Crippen MR) is 61.0 cm³/mol. The van der Waals surface area contributed by atoms with Crippen molar-refractivity contribution in [1.82, 2.24) is 0 Å². The Morgan fingerprint density at radius 3 is 2.73 bits per heavy atom. The Hall–Kier alpha value is -0.820. The monoisotopic (exact) mass is 202 g/mol. The molecule has 1 saturated carbocycles. The molecule has 0 unspecified atom stereocenters. The minimum atomic E-state index is 0.357. The molecule has 4 rings (SSSR count). The Labute approximate surface area is 91.1 Å². The van der Waals surface area contributed by atoms with Crippen LogP contribution in [0.2, 0.25) is 0 Å². The average molecular weight is 202 g/mol. The second-order valence-electron chi connectivity index (χ2n) is 5.02. The number of hydrogen-bond donors (Lipinski definition) is 1. The van der Waals surface area contributed by atoms with E-state index in [1.54, 1.807) is 11.1 Å². The molecule has 1 nitrogen and oxygen atoms in total. The van der Waals surface area contributed by atoms with Crippen LogP contribution in [0.25, 0.3) is 0 Å². The van der Waals surface area contributed by atoms with E-state index in [4.69, 9.17) is 5.11 Å². The van der Waals surface area contributed by atoms with Crippen molar-refractivity contribution in [2.75, 3.05) is 6.61 Å². The fourth-order valence-corrected chi connectivity index (χ4v) is 3.66. The van der Waals surface area contributed by atoms with Crippen molar-refractivity contribution in [3.63, 3.8) is 0 Å². The van der Waals surface area contributed by atoms with Crippen molar-refractivity contribution in [3.05, 3.63) is 35.4 Å². The lowest BCUT2D eigenvalue weighted by Crippen LogP contribution is -2.30. The van der Waals surface area contributed by atoms with Gasteiger partial charge in [-0.2, -0.15) is 0 Å². The predicted octanol–water partition coefficient (Wildman–Crippen LogP) is 3.05. The van der Waals surface area contributed by atoms with Gasteiger partial charge in [0, 0.05) is 6.61 Å². The number of aliphatic hydroxyl groups is 1. The van der Waals surface area contributed by atoms with Gasteiger partial charge in [-0.05, 0) is 54.6 Å². The summed E-state index contributed by atoms with van der Waals surface area (Å²) in [5, 5.41) is 9.09. The Bertz CT molecular complexity index is 358. The molecule has 1 N–H and O–H groups in total. The normalized spacial score (nSPS) is 32.7. The van der Waals surface area contributed by atoms with Crippen LogP contribution in [-0.4, -0.2) is 11.7 Å². The summed E-state index contributed by atoms with van der Waals surface area (Å²) in [5.74, 6) is 2.25. The third-order valence-electron chi connectivity index (χ3n) is 4.32. The van der Waals surface area contributed by atoms with Gasteiger partial charge in [0.05, 0.1) is 0 Å². The van der Waals surface area contributed by atoms with Crippen molar-refractivity contribution in [3.8, 4) is 0 Å². The molecule has 3 atom stereocenters. The summed E-state index contributed by atoms with van der Waals surface area (Å²) in [4.78, 5) is 0. The molecular weight excluding hydrogens is 184 g/mol. The van der Waals surface area contributed by atoms with Gasteiger partial charge in [-0.3, -0.25) is 0 Å². The lowest BCUT2D eigenvalue weighted by atomic mass is 9.61. The van der Waals surface area contributed by atoms with Crippen molar-refractivity contribution < 1.29 is 5.11 Å². The van der Waals surface area contributed by atoms with Gasteiger partial charge in [-0.25, -0.2) is 0 Å². The molecule has 15 heavy (non-hydrogen) atoms. The minimum Gasteiger partial charge on any atom is -0.396 e. The van der Waals surface area contributed by atoms with Gasteiger partial charge in [-0.15, -0.1) is 0 Å². The van der Waals surface area contributed by atoms with Crippen molar-refractivity contribution in [1.29, 1.82) is 0 Å². The maximum atomic E-state index is 9.09. The molecule has 0 saturated heterocycles. The second-order valence-corrected chi connectivity index (χ2v) is 5.02. The van der Waals surface area contributed by atoms with Gasteiger partial charge < -0.3 is 5.11 Å². The van der Waals surface area contributed by atoms with E-state index in [-0.39, 0.29) is 0 Å². The van der Waals surface area contributed by atoms with Crippen LogP contribution in [0.1, 0.15) is 48.6 Å². The molecule has 0 radical (unpaired) electrons. The number of rotatable bonds is 2. The van der Waals surface area contributed by atoms with Crippen LogP contribution in [0.5, 0.6) is 0 Å². The van der Waals surface area contributed by atoms with Crippen LogP contribution >= 0.6 is 0 Å². The quantitative estimate of drug-likeness (QED) is 0.781. The molecule has 1 aromatic carbocycles. The first kappa shape index (κ1) is 9.41. The summed E-state index contributed by atoms with van der Waals surface area (Å²) in [6.45, 7) is 0.357. The molecule has 1 heteroatoms. The molecule has 0 spiro atoms. The highest BCUT2D eigenvalue weighted by atomic mass is 16.3. The van der Waals surface area contributed by atoms with E-state index in [2.05, 4.69) is 24.3 Å². The van der Waals surface area contributed by atoms with Crippen LogP contribution in [0.4, 0.5) is 0 Å². The lowest BCUT2D eigenvalue weighted by molar-refractivity contribution is 0.186. The van der Waals surface area contributed by atoms with Gasteiger partial charge in [-0.1, -0.05) is 24.3 Å². The summed E-state index contributed by atoms with van der Waals surface area (Å²) in [6.07, 6.45) is 5.01. The topological polar surface area (TPSA) is 20.2 Å². The highest BCUT2D eigenvalue weighted by Crippen LogP contribution is 2.53. The first-order valence-electron chi connectivity index (χ1n) is 6.10. The maximum Gasteiger partial charge on any atom is 0.0433 e. The molecule has 3 aliphatic carbocycles. The smallest absolute Gasteiger partial charge is 0.0433 e. The van der Waals surface area contributed by atoms with Crippen molar-refractivity contribution in [2.45, 2.75) is 37.5 Å². The van der Waals surface area contributed by atoms with Gasteiger partial charge in [0.25, 0.3) is 0 Å². The molecule has 0 heterocycles. The Morgan fingerprint density at radius 2 is 1.93 bits per heavy atom. The summed E-state index contributed by atoms with van der Waals surface area (Å²) >= 11 is 0. The van der Waals surface area contributed by atoms with E-state index in [9.17, 15) is 0 Å². The van der Waals surface area contributed by atoms with E-state index in [0.29, 0.717) is 6.61 Å². The zero-order valence-corrected chi connectivity index (χ0v) is 9.02. The van der Waals surface area contributed by atoms with Crippen molar-refractivity contribution >= 4 is 0 Å². The first-order valence-corrected chi connectivity index (χ1v) is 6.10. The summed E-state index contributed by atoms with van der Waals surface area (Å²) < 4.78 is 0. The van der Waals surface area contributed by atoms with E-state index >= 15 is 0 Å². The fourth-order valence-electron chi connectivity index (χ4n) is 3.66. The Kier molecular flexibility index (Phi) is 2.28. The van der Waals surface area contributed by atoms with Gasteiger partial charge in [0.2, 0.25) is 0 Å². The van der Waals surface area contributed by atoms with Crippen LogP contribution in [0.3, 0.4) is 0 Å². The second kappa shape index (κ2) is 3.64. The molecule has 3 aliphatic rings. The third kappa shape index (κ3) is 1.41. The molecule has 1 aromatic rings. The van der Waals surface area contributed by atoms with E-state index in [1.807, 2.05) is 0 Å². The molecule has 80 valence electrons. The minimum absolute atomic E-state index is 0.357.